The standard InChI is InChI=1S/C21H28FN3O4/c1-23-17-11-16(22)19(28-2)12-18(17)25(21(23)27)13-14-3-5-15(6-4-14)20(26)24-7-9-29-10-8-24/h11-12,14-15H,3-10,13H2,1-2H3. The molecule has 2 aliphatic rings. The first-order valence-corrected chi connectivity index (χ1v) is 10.3. The van der Waals surface area contributed by atoms with Crippen LogP contribution >= 0.6 is 0 Å². The monoisotopic (exact) mass is 405 g/mol. The number of fused-ring (bicyclic) bond motifs is 1. The lowest BCUT2D eigenvalue weighted by Gasteiger charge is -2.34. The van der Waals surface area contributed by atoms with Crippen LogP contribution in [-0.4, -0.2) is 53.4 Å². The van der Waals surface area contributed by atoms with E-state index < -0.39 is 5.82 Å². The molecule has 0 unspecified atom stereocenters. The van der Waals surface area contributed by atoms with Crippen LogP contribution in [0.3, 0.4) is 0 Å². The number of aromatic nitrogens is 2. The first kappa shape index (κ1) is 19.9. The van der Waals surface area contributed by atoms with Crippen LogP contribution in [0.5, 0.6) is 5.75 Å². The molecule has 7 nitrogen and oxygen atoms in total. The number of imidazole rings is 1. The van der Waals surface area contributed by atoms with Crippen molar-refractivity contribution in [2.75, 3.05) is 33.4 Å². The van der Waals surface area contributed by atoms with Crippen LogP contribution in [0.15, 0.2) is 16.9 Å². The largest absolute Gasteiger partial charge is 0.494 e. The highest BCUT2D eigenvalue weighted by Gasteiger charge is 2.31. The van der Waals surface area contributed by atoms with Crippen molar-refractivity contribution in [1.29, 1.82) is 0 Å². The summed E-state index contributed by atoms with van der Waals surface area (Å²) < 4.78 is 27.7. The van der Waals surface area contributed by atoms with Crippen LogP contribution in [0, 0.1) is 17.7 Å². The Morgan fingerprint density at radius 3 is 2.52 bits per heavy atom. The number of benzene rings is 1. The van der Waals surface area contributed by atoms with Gasteiger partial charge in [0.2, 0.25) is 5.91 Å². The summed E-state index contributed by atoms with van der Waals surface area (Å²) in [5.74, 6) is 0.298. The molecule has 2 heterocycles. The molecule has 8 heteroatoms. The summed E-state index contributed by atoms with van der Waals surface area (Å²) in [6.45, 7) is 3.18. The summed E-state index contributed by atoms with van der Waals surface area (Å²) in [7, 11) is 3.08. The number of rotatable bonds is 4. The van der Waals surface area contributed by atoms with E-state index in [4.69, 9.17) is 9.47 Å². The van der Waals surface area contributed by atoms with Crippen molar-refractivity contribution < 1.29 is 18.7 Å². The maximum atomic E-state index is 14.1. The summed E-state index contributed by atoms with van der Waals surface area (Å²) in [6.07, 6.45) is 3.50. The van der Waals surface area contributed by atoms with Crippen molar-refractivity contribution >= 4 is 16.9 Å². The molecule has 1 saturated carbocycles. The Balaban J connectivity index is 1.47. The van der Waals surface area contributed by atoms with Crippen molar-refractivity contribution in [3.05, 3.63) is 28.4 Å². The maximum absolute atomic E-state index is 14.1. The topological polar surface area (TPSA) is 65.7 Å². The quantitative estimate of drug-likeness (QED) is 0.782. The number of hydrogen-bond donors (Lipinski definition) is 0. The Bertz CT molecular complexity index is 953. The molecule has 29 heavy (non-hydrogen) atoms. The van der Waals surface area contributed by atoms with Crippen molar-refractivity contribution in [2.45, 2.75) is 32.2 Å². The van der Waals surface area contributed by atoms with Gasteiger partial charge in [-0.05, 0) is 31.6 Å². The maximum Gasteiger partial charge on any atom is 0.328 e. The van der Waals surface area contributed by atoms with Gasteiger partial charge in [0, 0.05) is 44.7 Å². The van der Waals surface area contributed by atoms with E-state index in [1.54, 1.807) is 17.7 Å². The molecular weight excluding hydrogens is 377 g/mol. The van der Waals surface area contributed by atoms with E-state index in [0.717, 1.165) is 25.7 Å². The van der Waals surface area contributed by atoms with Gasteiger partial charge in [0.05, 0.1) is 31.4 Å². The van der Waals surface area contributed by atoms with Gasteiger partial charge in [-0.3, -0.25) is 13.9 Å². The van der Waals surface area contributed by atoms with E-state index in [1.807, 2.05) is 4.90 Å². The third kappa shape index (κ3) is 3.77. The molecule has 1 aliphatic carbocycles. The fraction of sp³-hybridized carbons (Fsp3) is 0.619. The lowest BCUT2D eigenvalue weighted by atomic mass is 9.81. The van der Waals surface area contributed by atoms with Crippen LogP contribution in [0.2, 0.25) is 0 Å². The van der Waals surface area contributed by atoms with Crippen LogP contribution < -0.4 is 10.4 Å². The molecule has 2 fully saturated rings. The van der Waals surface area contributed by atoms with E-state index in [-0.39, 0.29) is 23.3 Å². The molecule has 1 amide bonds. The zero-order chi connectivity index (χ0) is 20.5. The lowest BCUT2D eigenvalue weighted by molar-refractivity contribution is -0.141. The molecular formula is C21H28FN3O4. The molecule has 4 rings (SSSR count). The minimum absolute atomic E-state index is 0.0720. The van der Waals surface area contributed by atoms with Crippen molar-refractivity contribution in [3.63, 3.8) is 0 Å². The van der Waals surface area contributed by atoms with Gasteiger partial charge < -0.3 is 14.4 Å². The normalized spacial score (nSPS) is 22.8. The zero-order valence-electron chi connectivity index (χ0n) is 17.0. The Kier molecular flexibility index (Phi) is 5.63. The average molecular weight is 405 g/mol. The third-order valence-electron chi connectivity index (χ3n) is 6.38. The average Bonchev–Trinajstić information content (AvgIpc) is 2.98. The second-order valence-corrected chi connectivity index (χ2v) is 8.08. The van der Waals surface area contributed by atoms with E-state index in [0.29, 0.717) is 49.8 Å². The van der Waals surface area contributed by atoms with Crippen LogP contribution in [0.25, 0.3) is 11.0 Å². The van der Waals surface area contributed by atoms with E-state index >= 15 is 0 Å². The second-order valence-electron chi connectivity index (χ2n) is 8.08. The molecule has 0 radical (unpaired) electrons. The molecule has 158 valence electrons. The van der Waals surface area contributed by atoms with Crippen LogP contribution in [0.1, 0.15) is 25.7 Å². The summed E-state index contributed by atoms with van der Waals surface area (Å²) in [5.41, 5.74) is 1.09. The van der Waals surface area contributed by atoms with Gasteiger partial charge in [0.15, 0.2) is 11.6 Å². The predicted octanol–water partition coefficient (Wildman–Crippen LogP) is 2.15. The van der Waals surface area contributed by atoms with E-state index in [9.17, 15) is 14.0 Å². The van der Waals surface area contributed by atoms with Crippen molar-refractivity contribution in [2.24, 2.45) is 18.9 Å². The van der Waals surface area contributed by atoms with Gasteiger partial charge >= 0.3 is 5.69 Å². The fourth-order valence-corrected chi connectivity index (χ4v) is 4.63. The SMILES string of the molecule is COc1cc2c(cc1F)n(C)c(=O)n2CC1CCC(C(=O)N2CCOCC2)CC1. The highest BCUT2D eigenvalue weighted by molar-refractivity contribution is 5.79. The number of carbonyl (C=O) groups excluding carboxylic acids is 1. The molecule has 0 bridgehead atoms. The highest BCUT2D eigenvalue weighted by atomic mass is 19.1. The Hall–Kier alpha value is -2.35. The molecule has 1 aromatic heterocycles. The van der Waals surface area contributed by atoms with Gasteiger partial charge in [-0.15, -0.1) is 0 Å². The van der Waals surface area contributed by atoms with Gasteiger partial charge in [0.1, 0.15) is 0 Å². The number of hydrogen-bond acceptors (Lipinski definition) is 4. The van der Waals surface area contributed by atoms with Crippen LogP contribution in [0.4, 0.5) is 4.39 Å². The summed E-state index contributed by atoms with van der Waals surface area (Å²) in [4.78, 5) is 27.4. The first-order chi connectivity index (χ1) is 14.0. The number of ether oxygens (including phenoxy) is 2. The fourth-order valence-electron chi connectivity index (χ4n) is 4.63. The third-order valence-corrected chi connectivity index (χ3v) is 6.38. The number of carbonyl (C=O) groups is 1. The molecule has 0 atom stereocenters. The molecule has 2 aromatic rings. The Morgan fingerprint density at radius 2 is 1.86 bits per heavy atom. The highest BCUT2D eigenvalue weighted by Crippen LogP contribution is 2.32. The zero-order valence-corrected chi connectivity index (χ0v) is 17.0. The number of aryl methyl sites for hydroxylation is 1. The van der Waals surface area contributed by atoms with E-state index in [2.05, 4.69) is 0 Å². The molecule has 0 spiro atoms. The second kappa shape index (κ2) is 8.18. The minimum atomic E-state index is -0.477. The first-order valence-electron chi connectivity index (χ1n) is 10.3. The minimum Gasteiger partial charge on any atom is -0.494 e. The predicted molar refractivity (Wildman–Crippen MR) is 107 cm³/mol. The van der Waals surface area contributed by atoms with Gasteiger partial charge in [-0.2, -0.15) is 0 Å². The summed E-state index contributed by atoms with van der Waals surface area (Å²) in [6, 6.07) is 2.95. The molecule has 0 N–H and O–H groups in total. The number of nitrogens with zero attached hydrogens (tertiary/aromatic N) is 3. The number of amides is 1. The van der Waals surface area contributed by atoms with Gasteiger partial charge in [-0.1, -0.05) is 0 Å². The van der Waals surface area contributed by atoms with Crippen molar-refractivity contribution in [3.8, 4) is 5.75 Å². The van der Waals surface area contributed by atoms with E-state index in [1.165, 1.54) is 17.7 Å². The Morgan fingerprint density at radius 1 is 1.17 bits per heavy atom. The summed E-state index contributed by atoms with van der Waals surface area (Å²) >= 11 is 0. The number of halogens is 1. The molecule has 1 saturated heterocycles. The van der Waals surface area contributed by atoms with Crippen molar-refractivity contribution in [1.82, 2.24) is 14.0 Å². The van der Waals surface area contributed by atoms with Gasteiger partial charge in [-0.25, -0.2) is 9.18 Å². The number of methoxy groups -OCH3 is 1. The molecule has 1 aromatic carbocycles. The van der Waals surface area contributed by atoms with Gasteiger partial charge in [0.25, 0.3) is 0 Å². The smallest absolute Gasteiger partial charge is 0.328 e. The molecule has 1 aliphatic heterocycles. The number of morpholine rings is 1. The lowest BCUT2D eigenvalue weighted by Crippen LogP contribution is -2.44. The van der Waals surface area contributed by atoms with Crippen LogP contribution in [-0.2, 0) is 23.1 Å². The summed E-state index contributed by atoms with van der Waals surface area (Å²) in [5, 5.41) is 0. The Labute approximate surface area is 169 Å².